The number of hydrogen-bond acceptors (Lipinski definition) is 5. The molecule has 0 unspecified atom stereocenters. The zero-order valence-corrected chi connectivity index (χ0v) is 14.7. The molecule has 0 aromatic rings. The fraction of sp³-hybridized carbons (Fsp3) is 0.500. The highest BCUT2D eigenvalue weighted by Gasteiger charge is 2.47. The fourth-order valence-electron chi connectivity index (χ4n) is 2.42. The van der Waals surface area contributed by atoms with Crippen LogP contribution in [0.4, 0.5) is 0 Å². The summed E-state index contributed by atoms with van der Waals surface area (Å²) in [6.45, 7) is 5.04. The van der Waals surface area contributed by atoms with Crippen molar-refractivity contribution in [2.45, 2.75) is 51.7 Å². The van der Waals surface area contributed by atoms with Crippen LogP contribution in [0.25, 0.3) is 0 Å². The molecule has 138 valence electrons. The van der Waals surface area contributed by atoms with E-state index in [0.717, 1.165) is 12.8 Å². The molecular formula is C18H25NO6. The molecule has 0 aromatic heterocycles. The van der Waals surface area contributed by atoms with Crippen molar-refractivity contribution in [1.82, 2.24) is 5.32 Å². The van der Waals surface area contributed by atoms with Crippen LogP contribution in [0, 0.1) is 5.92 Å². The van der Waals surface area contributed by atoms with Crippen molar-refractivity contribution in [2.75, 3.05) is 0 Å². The van der Waals surface area contributed by atoms with Gasteiger partial charge in [-0.2, -0.15) is 0 Å². The van der Waals surface area contributed by atoms with Crippen LogP contribution in [0.1, 0.15) is 40.0 Å². The zero-order chi connectivity index (χ0) is 19.2. The van der Waals surface area contributed by atoms with E-state index >= 15 is 0 Å². The molecule has 7 heteroatoms. The molecule has 0 spiro atoms. The molecule has 1 rings (SSSR count). The Morgan fingerprint density at radius 3 is 2.44 bits per heavy atom. The van der Waals surface area contributed by atoms with Crippen LogP contribution in [0.3, 0.4) is 0 Å². The van der Waals surface area contributed by atoms with Crippen molar-refractivity contribution in [3.05, 3.63) is 35.6 Å². The summed E-state index contributed by atoms with van der Waals surface area (Å²) in [5, 5.41) is 31.8. The topological polar surface area (TPSA) is 124 Å². The van der Waals surface area contributed by atoms with E-state index in [1.807, 2.05) is 13.0 Å². The van der Waals surface area contributed by atoms with Gasteiger partial charge in [-0.3, -0.25) is 9.59 Å². The van der Waals surface area contributed by atoms with Gasteiger partial charge in [-0.25, -0.2) is 4.79 Å². The number of rotatable bonds is 8. The first kappa shape index (κ1) is 20.6. The molecule has 1 aliphatic rings. The predicted octanol–water partition coefficient (Wildman–Crippen LogP) is 1.64. The lowest BCUT2D eigenvalue weighted by Crippen LogP contribution is -2.49. The molecule has 0 aromatic carbocycles. The standard InChI is InChI=1S/C18H25NO6/c1-4-5-6-7-8-9-13(20)14-15(21)12(19-16(14)22)10-18(25,11(2)3)17(23)24/h6-9,11-12,20,25H,4-5,10H2,1-3H3,(H,19,22)(H,23,24)/b7-6+,9-8+,14-13+/t12-,18+/m0/s1. The second kappa shape index (κ2) is 8.62. The summed E-state index contributed by atoms with van der Waals surface area (Å²) in [5.74, 6) is -4.14. The van der Waals surface area contributed by atoms with E-state index in [4.69, 9.17) is 0 Å². The number of carbonyl (C=O) groups is 3. The molecular weight excluding hydrogens is 326 g/mol. The maximum atomic E-state index is 12.4. The van der Waals surface area contributed by atoms with Crippen LogP contribution in [0.15, 0.2) is 35.6 Å². The Morgan fingerprint density at radius 2 is 1.92 bits per heavy atom. The molecule has 1 heterocycles. The van der Waals surface area contributed by atoms with Crippen LogP contribution < -0.4 is 5.32 Å². The van der Waals surface area contributed by atoms with Gasteiger partial charge in [0.2, 0.25) is 0 Å². The summed E-state index contributed by atoms with van der Waals surface area (Å²) >= 11 is 0. The Bertz CT molecular complexity index is 631. The Morgan fingerprint density at radius 1 is 1.28 bits per heavy atom. The molecule has 0 saturated carbocycles. The number of allylic oxidation sites excluding steroid dienone is 4. The number of nitrogens with one attached hydrogen (secondary N) is 1. The van der Waals surface area contributed by atoms with Crippen LogP contribution in [0.5, 0.6) is 0 Å². The third-order valence-corrected chi connectivity index (χ3v) is 4.15. The maximum Gasteiger partial charge on any atom is 0.336 e. The van der Waals surface area contributed by atoms with Gasteiger partial charge in [0.1, 0.15) is 11.3 Å². The van der Waals surface area contributed by atoms with Gasteiger partial charge in [0, 0.05) is 6.42 Å². The Kier molecular flexibility index (Phi) is 7.11. The smallest absolute Gasteiger partial charge is 0.336 e. The first-order valence-corrected chi connectivity index (χ1v) is 8.22. The van der Waals surface area contributed by atoms with Crippen LogP contribution in [-0.4, -0.2) is 44.6 Å². The summed E-state index contributed by atoms with van der Waals surface area (Å²) < 4.78 is 0. The van der Waals surface area contributed by atoms with Crippen molar-refractivity contribution < 1.29 is 29.7 Å². The molecule has 1 aliphatic heterocycles. The number of aliphatic hydroxyl groups is 2. The number of hydrogen-bond donors (Lipinski definition) is 4. The number of carbonyl (C=O) groups excluding carboxylic acids is 2. The monoisotopic (exact) mass is 351 g/mol. The van der Waals surface area contributed by atoms with E-state index in [2.05, 4.69) is 5.32 Å². The van der Waals surface area contributed by atoms with E-state index in [-0.39, 0.29) is 0 Å². The molecule has 0 aliphatic carbocycles. The van der Waals surface area contributed by atoms with E-state index in [0.29, 0.717) is 0 Å². The minimum Gasteiger partial charge on any atom is -0.507 e. The molecule has 1 amide bonds. The number of carboxylic acid groups (broad SMARTS) is 1. The average molecular weight is 351 g/mol. The molecule has 7 nitrogen and oxygen atoms in total. The second-order valence-electron chi connectivity index (χ2n) is 6.31. The van der Waals surface area contributed by atoms with E-state index in [9.17, 15) is 29.7 Å². The highest BCUT2D eigenvalue weighted by molar-refractivity contribution is 6.27. The fourth-order valence-corrected chi connectivity index (χ4v) is 2.42. The number of unbranched alkanes of at least 4 members (excludes halogenated alkanes) is 1. The summed E-state index contributed by atoms with van der Waals surface area (Å²) in [6.07, 6.45) is 7.68. The van der Waals surface area contributed by atoms with Crippen molar-refractivity contribution in [2.24, 2.45) is 5.92 Å². The second-order valence-corrected chi connectivity index (χ2v) is 6.31. The van der Waals surface area contributed by atoms with Gasteiger partial charge in [-0.1, -0.05) is 45.4 Å². The van der Waals surface area contributed by atoms with Crippen molar-refractivity contribution in [1.29, 1.82) is 0 Å². The maximum absolute atomic E-state index is 12.4. The first-order chi connectivity index (χ1) is 11.6. The molecule has 0 bridgehead atoms. The van der Waals surface area contributed by atoms with Gasteiger partial charge < -0.3 is 20.6 Å². The molecule has 4 N–H and O–H groups in total. The van der Waals surface area contributed by atoms with Crippen molar-refractivity contribution in [3.8, 4) is 0 Å². The van der Waals surface area contributed by atoms with Gasteiger partial charge in [0.15, 0.2) is 11.4 Å². The number of ketones is 1. The zero-order valence-electron chi connectivity index (χ0n) is 14.7. The normalized spacial score (nSPS) is 22.7. The largest absolute Gasteiger partial charge is 0.507 e. The van der Waals surface area contributed by atoms with Crippen molar-refractivity contribution in [3.63, 3.8) is 0 Å². The SMILES string of the molecule is CCC/C=C/C=C/C(O)=C1\C(=O)N[C@@H](C[C@](O)(C(=O)O)C(C)C)C1=O. The predicted molar refractivity (Wildman–Crippen MR) is 91.8 cm³/mol. The van der Waals surface area contributed by atoms with Gasteiger partial charge in [0.05, 0.1) is 6.04 Å². The van der Waals surface area contributed by atoms with Crippen LogP contribution >= 0.6 is 0 Å². The van der Waals surface area contributed by atoms with Gasteiger partial charge in [-0.15, -0.1) is 0 Å². The highest BCUT2D eigenvalue weighted by Crippen LogP contribution is 2.27. The quantitative estimate of drug-likeness (QED) is 0.228. The molecule has 2 atom stereocenters. The lowest BCUT2D eigenvalue weighted by Gasteiger charge is -2.29. The third kappa shape index (κ3) is 4.79. The minimum atomic E-state index is -2.16. The Labute approximate surface area is 146 Å². The Hall–Kier alpha value is -2.41. The minimum absolute atomic E-state index is 0.429. The summed E-state index contributed by atoms with van der Waals surface area (Å²) in [5.41, 5.74) is -2.58. The summed E-state index contributed by atoms with van der Waals surface area (Å²) in [7, 11) is 0. The number of aliphatic hydroxyl groups excluding tert-OH is 1. The molecule has 1 saturated heterocycles. The lowest BCUT2D eigenvalue weighted by molar-refractivity contribution is -0.165. The average Bonchev–Trinajstić information content (AvgIpc) is 2.80. The van der Waals surface area contributed by atoms with Crippen molar-refractivity contribution >= 4 is 17.7 Å². The first-order valence-electron chi connectivity index (χ1n) is 8.22. The van der Waals surface area contributed by atoms with E-state index in [1.54, 1.807) is 6.08 Å². The number of Topliss-reactive ketones (excluding diaryl/α,β-unsaturated/α-hetero) is 1. The van der Waals surface area contributed by atoms with E-state index < -0.39 is 53.0 Å². The number of amides is 1. The lowest BCUT2D eigenvalue weighted by atomic mass is 9.83. The molecule has 25 heavy (non-hydrogen) atoms. The molecule has 1 fully saturated rings. The third-order valence-electron chi connectivity index (χ3n) is 4.15. The van der Waals surface area contributed by atoms with Gasteiger partial charge in [0.25, 0.3) is 5.91 Å². The number of aliphatic carboxylic acids is 1. The molecule has 0 radical (unpaired) electrons. The van der Waals surface area contributed by atoms with Crippen LogP contribution in [-0.2, 0) is 14.4 Å². The van der Waals surface area contributed by atoms with Gasteiger partial charge >= 0.3 is 5.97 Å². The van der Waals surface area contributed by atoms with Gasteiger partial charge in [-0.05, 0) is 18.4 Å². The Balaban J connectivity index is 2.99. The highest BCUT2D eigenvalue weighted by atomic mass is 16.4. The summed E-state index contributed by atoms with van der Waals surface area (Å²) in [4.78, 5) is 35.7. The summed E-state index contributed by atoms with van der Waals surface area (Å²) in [6, 6.07) is -1.20. The van der Waals surface area contributed by atoms with E-state index in [1.165, 1.54) is 26.0 Å². The number of carboxylic acids is 1. The van der Waals surface area contributed by atoms with Crippen LogP contribution in [0.2, 0.25) is 0 Å².